The molecule has 0 aromatic heterocycles. The summed E-state index contributed by atoms with van der Waals surface area (Å²) in [6.07, 6.45) is 2.85. The largest absolute Gasteiger partial charge is 0.368 e. The number of nitrogens with zero attached hydrogens (tertiary/aromatic N) is 4. The van der Waals surface area contributed by atoms with E-state index in [4.69, 9.17) is 9.73 Å². The smallest absolute Gasteiger partial charge is 0.251 e. The molecule has 3 saturated heterocycles. The molecule has 0 aromatic carbocycles. The van der Waals surface area contributed by atoms with Crippen molar-refractivity contribution in [2.75, 3.05) is 71.5 Å². The van der Waals surface area contributed by atoms with Crippen LogP contribution in [-0.4, -0.2) is 110 Å². The first-order chi connectivity index (χ1) is 13.1. The van der Waals surface area contributed by atoms with Gasteiger partial charge in [-0.2, -0.15) is 11.8 Å². The van der Waals surface area contributed by atoms with Gasteiger partial charge in [0, 0.05) is 50.6 Å². The van der Waals surface area contributed by atoms with Crippen LogP contribution in [-0.2, 0) is 9.53 Å². The second-order valence-electron chi connectivity index (χ2n) is 7.91. The van der Waals surface area contributed by atoms with Gasteiger partial charge in [0.1, 0.15) is 6.10 Å². The summed E-state index contributed by atoms with van der Waals surface area (Å²) in [7, 11) is 4.34. The number of hydrogen-bond donors (Lipinski definition) is 1. The third-order valence-electron chi connectivity index (χ3n) is 5.99. The minimum absolute atomic E-state index is 0. The van der Waals surface area contributed by atoms with Crippen molar-refractivity contribution in [1.29, 1.82) is 0 Å². The van der Waals surface area contributed by atoms with Crippen LogP contribution in [0.3, 0.4) is 0 Å². The number of thioether (sulfide) groups is 1. The second kappa shape index (κ2) is 11.2. The van der Waals surface area contributed by atoms with Gasteiger partial charge in [-0.05, 0) is 46.0 Å². The molecule has 0 bridgehead atoms. The number of carbonyl (C=O) groups is 1. The number of guanidine groups is 1. The van der Waals surface area contributed by atoms with E-state index in [0.717, 1.165) is 70.4 Å². The molecule has 0 spiro atoms. The highest BCUT2D eigenvalue weighted by molar-refractivity contribution is 14.0. The fourth-order valence-electron chi connectivity index (χ4n) is 3.98. The molecule has 7 nitrogen and oxygen atoms in total. The van der Waals surface area contributed by atoms with Crippen molar-refractivity contribution in [3.05, 3.63) is 0 Å². The second-order valence-corrected chi connectivity index (χ2v) is 9.01. The summed E-state index contributed by atoms with van der Waals surface area (Å²) in [5.41, 5.74) is 0.170. The summed E-state index contributed by atoms with van der Waals surface area (Å²) < 4.78 is 5.56. The van der Waals surface area contributed by atoms with Crippen LogP contribution < -0.4 is 5.32 Å². The van der Waals surface area contributed by atoms with Gasteiger partial charge in [-0.25, -0.2) is 0 Å². The minimum Gasteiger partial charge on any atom is -0.368 e. The van der Waals surface area contributed by atoms with E-state index in [1.54, 1.807) is 0 Å². The van der Waals surface area contributed by atoms with Gasteiger partial charge in [-0.1, -0.05) is 0 Å². The predicted molar refractivity (Wildman–Crippen MR) is 127 cm³/mol. The third-order valence-corrected chi connectivity index (χ3v) is 7.22. The van der Waals surface area contributed by atoms with E-state index in [2.05, 4.69) is 36.1 Å². The number of carbonyl (C=O) groups excluding carboxylic acids is 1. The van der Waals surface area contributed by atoms with Crippen molar-refractivity contribution in [2.45, 2.75) is 37.8 Å². The Labute approximate surface area is 191 Å². The maximum Gasteiger partial charge on any atom is 0.251 e. The molecule has 9 heteroatoms. The molecule has 3 fully saturated rings. The number of nitrogens with one attached hydrogen (secondary N) is 1. The molecule has 3 aliphatic heterocycles. The van der Waals surface area contributed by atoms with E-state index in [-0.39, 0.29) is 41.5 Å². The summed E-state index contributed by atoms with van der Waals surface area (Å²) in [6.45, 7) is 7.67. The van der Waals surface area contributed by atoms with Crippen molar-refractivity contribution in [2.24, 2.45) is 4.99 Å². The van der Waals surface area contributed by atoms with Crippen LogP contribution in [0.1, 0.15) is 26.2 Å². The lowest BCUT2D eigenvalue weighted by Gasteiger charge is -2.38. The number of likely N-dealkylation sites (N-methyl/N-ethyl adjacent to an activating group) is 1. The highest BCUT2D eigenvalue weighted by atomic mass is 127. The molecule has 2 unspecified atom stereocenters. The first kappa shape index (κ1) is 24.0. The van der Waals surface area contributed by atoms with Crippen molar-refractivity contribution in [3.8, 4) is 0 Å². The average molecular weight is 526 g/mol. The topological polar surface area (TPSA) is 60.4 Å². The maximum atomic E-state index is 12.5. The SMILES string of the molecule is CCNC(=NCC1(N(C)C)CCSC1)N1CCN(C(=O)C2CCCO2)CC1.I. The lowest BCUT2D eigenvalue weighted by molar-refractivity contribution is -0.142. The summed E-state index contributed by atoms with van der Waals surface area (Å²) in [6, 6.07) is 0. The van der Waals surface area contributed by atoms with Crippen molar-refractivity contribution < 1.29 is 9.53 Å². The van der Waals surface area contributed by atoms with Gasteiger partial charge < -0.3 is 24.8 Å². The van der Waals surface area contributed by atoms with Crippen molar-refractivity contribution in [1.82, 2.24) is 20.0 Å². The third kappa shape index (κ3) is 5.66. The Bertz CT molecular complexity index is 528. The van der Waals surface area contributed by atoms with Crippen LogP contribution in [0.25, 0.3) is 0 Å². The number of aliphatic imine (C=N–C) groups is 1. The minimum atomic E-state index is -0.210. The number of piperazine rings is 1. The molecule has 28 heavy (non-hydrogen) atoms. The maximum absolute atomic E-state index is 12.5. The van der Waals surface area contributed by atoms with Crippen LogP contribution in [0, 0.1) is 0 Å². The first-order valence-corrected chi connectivity index (χ1v) is 11.4. The van der Waals surface area contributed by atoms with Crippen molar-refractivity contribution >= 4 is 47.6 Å². The number of rotatable bonds is 5. The Hall–Kier alpha value is -0.260. The number of halogens is 1. The molecule has 1 amide bonds. The molecule has 3 aliphatic rings. The number of ether oxygens (including phenoxy) is 1. The Kier molecular flexibility index (Phi) is 9.62. The van der Waals surface area contributed by atoms with Crippen LogP contribution in [0.4, 0.5) is 0 Å². The van der Waals surface area contributed by atoms with E-state index in [1.165, 1.54) is 12.2 Å². The normalized spacial score (nSPS) is 28.6. The molecular formula is C19H36IN5O2S. The number of hydrogen-bond acceptors (Lipinski definition) is 5. The van der Waals surface area contributed by atoms with Crippen LogP contribution >= 0.6 is 35.7 Å². The van der Waals surface area contributed by atoms with Crippen LogP contribution in [0.5, 0.6) is 0 Å². The Morgan fingerprint density at radius 2 is 2.00 bits per heavy atom. The van der Waals surface area contributed by atoms with Gasteiger partial charge >= 0.3 is 0 Å². The Morgan fingerprint density at radius 3 is 2.54 bits per heavy atom. The molecular weight excluding hydrogens is 489 g/mol. The molecule has 1 N–H and O–H groups in total. The van der Waals surface area contributed by atoms with Gasteiger partial charge in [0.25, 0.3) is 5.91 Å². The molecule has 2 atom stereocenters. The molecule has 3 heterocycles. The highest BCUT2D eigenvalue weighted by Crippen LogP contribution is 2.32. The lowest BCUT2D eigenvalue weighted by atomic mass is 9.98. The van der Waals surface area contributed by atoms with Gasteiger partial charge in [-0.15, -0.1) is 24.0 Å². The monoisotopic (exact) mass is 525 g/mol. The lowest BCUT2D eigenvalue weighted by Crippen LogP contribution is -2.56. The van der Waals surface area contributed by atoms with Gasteiger partial charge in [-0.3, -0.25) is 9.79 Å². The first-order valence-electron chi connectivity index (χ1n) is 10.2. The van der Waals surface area contributed by atoms with E-state index in [9.17, 15) is 4.79 Å². The highest BCUT2D eigenvalue weighted by Gasteiger charge is 2.37. The van der Waals surface area contributed by atoms with E-state index in [1.807, 2.05) is 16.7 Å². The summed E-state index contributed by atoms with van der Waals surface area (Å²) in [5.74, 6) is 3.52. The fourth-order valence-corrected chi connectivity index (χ4v) is 5.52. The van der Waals surface area contributed by atoms with Gasteiger partial charge in [0.05, 0.1) is 6.54 Å². The van der Waals surface area contributed by atoms with Crippen molar-refractivity contribution in [3.63, 3.8) is 0 Å². The molecule has 3 rings (SSSR count). The van der Waals surface area contributed by atoms with Gasteiger partial charge in [0.2, 0.25) is 0 Å². The molecule has 0 aromatic rings. The zero-order valence-electron chi connectivity index (χ0n) is 17.5. The Balaban J connectivity index is 0.00000280. The van der Waals surface area contributed by atoms with E-state index >= 15 is 0 Å². The standard InChI is InChI=1S/C19H35N5O2S.HI/c1-4-20-18(21-14-19(22(2)3)7-13-27-15-19)24-10-8-23(9-11-24)17(25)16-6-5-12-26-16;/h16H,4-15H2,1-3H3,(H,20,21);1H. The van der Waals surface area contributed by atoms with E-state index < -0.39 is 0 Å². The predicted octanol–water partition coefficient (Wildman–Crippen LogP) is 1.33. The van der Waals surface area contributed by atoms with Crippen LogP contribution in [0.2, 0.25) is 0 Å². The number of amides is 1. The summed E-state index contributed by atoms with van der Waals surface area (Å²) in [4.78, 5) is 24.2. The van der Waals surface area contributed by atoms with E-state index in [0.29, 0.717) is 0 Å². The molecule has 0 saturated carbocycles. The zero-order valence-corrected chi connectivity index (χ0v) is 20.6. The quantitative estimate of drug-likeness (QED) is 0.332. The molecule has 0 radical (unpaired) electrons. The average Bonchev–Trinajstić information content (AvgIpc) is 3.37. The summed E-state index contributed by atoms with van der Waals surface area (Å²) in [5, 5.41) is 3.45. The molecule has 0 aliphatic carbocycles. The van der Waals surface area contributed by atoms with Crippen LogP contribution in [0.15, 0.2) is 4.99 Å². The summed E-state index contributed by atoms with van der Waals surface area (Å²) >= 11 is 2.02. The van der Waals surface area contributed by atoms with Gasteiger partial charge in [0.15, 0.2) is 5.96 Å². The Morgan fingerprint density at radius 1 is 1.29 bits per heavy atom. The zero-order chi connectivity index (χ0) is 19.3. The molecule has 162 valence electrons. The fraction of sp³-hybridized carbons (Fsp3) is 0.895.